The minimum absolute atomic E-state index is 0.0345. The first-order valence-electron chi connectivity index (χ1n) is 9.96. The molecule has 0 unspecified atom stereocenters. The van der Waals surface area contributed by atoms with Gasteiger partial charge in [0.1, 0.15) is 5.82 Å². The maximum Gasteiger partial charge on any atom is 0.339 e. The third-order valence-corrected chi connectivity index (χ3v) is 5.79. The van der Waals surface area contributed by atoms with E-state index in [2.05, 4.69) is 4.98 Å². The first-order valence-corrected chi connectivity index (χ1v) is 10.3. The van der Waals surface area contributed by atoms with Crippen LogP contribution in [0.3, 0.4) is 0 Å². The Labute approximate surface area is 189 Å². The molecule has 2 amide bonds. The number of amides is 2. The number of aromatic amines is 1. The average molecular weight is 464 g/mol. The Morgan fingerprint density at radius 1 is 1.12 bits per heavy atom. The van der Waals surface area contributed by atoms with E-state index in [1.807, 2.05) is 0 Å². The molecule has 1 fully saturated rings. The summed E-state index contributed by atoms with van der Waals surface area (Å²) in [5.74, 6) is -1.99. The molecule has 1 aliphatic heterocycles. The number of Topliss-reactive ketones (excluding diaryl/α,β-unsaturated/α-hetero) is 1. The van der Waals surface area contributed by atoms with Crippen LogP contribution in [0.25, 0.3) is 0 Å². The summed E-state index contributed by atoms with van der Waals surface area (Å²) in [5, 5.41) is 0.0345. The van der Waals surface area contributed by atoms with E-state index in [0.29, 0.717) is 11.3 Å². The Kier molecular flexibility index (Phi) is 6.98. The second-order valence-corrected chi connectivity index (χ2v) is 7.91. The summed E-state index contributed by atoms with van der Waals surface area (Å²) in [6.07, 6.45) is -0.115. The van der Waals surface area contributed by atoms with Crippen molar-refractivity contribution < 1.29 is 28.3 Å². The molecule has 8 nitrogen and oxygen atoms in total. The van der Waals surface area contributed by atoms with Gasteiger partial charge in [0.15, 0.2) is 5.78 Å². The lowest BCUT2D eigenvalue weighted by Crippen LogP contribution is -2.51. The van der Waals surface area contributed by atoms with Gasteiger partial charge < -0.3 is 19.5 Å². The summed E-state index contributed by atoms with van der Waals surface area (Å²) >= 11 is 5.99. The van der Waals surface area contributed by atoms with E-state index < -0.39 is 11.8 Å². The van der Waals surface area contributed by atoms with E-state index in [4.69, 9.17) is 16.3 Å². The van der Waals surface area contributed by atoms with Crippen molar-refractivity contribution in [2.75, 3.05) is 33.3 Å². The number of piperazine rings is 1. The molecular formula is C22H23ClFN3O5. The Morgan fingerprint density at radius 2 is 1.75 bits per heavy atom. The van der Waals surface area contributed by atoms with Crippen molar-refractivity contribution in [1.82, 2.24) is 14.8 Å². The van der Waals surface area contributed by atoms with E-state index in [1.165, 1.54) is 26.2 Å². The van der Waals surface area contributed by atoms with E-state index in [1.54, 1.807) is 16.7 Å². The topological polar surface area (TPSA) is 99.8 Å². The normalized spacial score (nSPS) is 13.8. The summed E-state index contributed by atoms with van der Waals surface area (Å²) in [4.78, 5) is 55.6. The molecule has 0 bridgehead atoms. The number of ether oxygens (including phenoxy) is 1. The number of nitrogens with zero attached hydrogens (tertiary/aromatic N) is 2. The van der Waals surface area contributed by atoms with Crippen LogP contribution in [0.1, 0.15) is 49.4 Å². The molecule has 3 rings (SSSR count). The number of H-pyrrole nitrogens is 1. The number of benzene rings is 1. The Bertz CT molecular complexity index is 1090. The number of esters is 1. The van der Waals surface area contributed by atoms with Gasteiger partial charge in [-0.15, -0.1) is 0 Å². The number of aromatic nitrogens is 1. The summed E-state index contributed by atoms with van der Waals surface area (Å²) < 4.78 is 18.0. The highest BCUT2D eigenvalue weighted by molar-refractivity contribution is 6.33. The number of ketones is 1. The number of carbonyl (C=O) groups is 4. The van der Waals surface area contributed by atoms with Crippen molar-refractivity contribution in [3.8, 4) is 0 Å². The van der Waals surface area contributed by atoms with Crippen molar-refractivity contribution >= 4 is 35.2 Å². The Balaban J connectivity index is 1.69. The smallest absolute Gasteiger partial charge is 0.339 e. The number of hydrogen-bond donors (Lipinski definition) is 1. The van der Waals surface area contributed by atoms with Crippen LogP contribution in [0.4, 0.5) is 4.39 Å². The highest BCUT2D eigenvalue weighted by Crippen LogP contribution is 2.22. The van der Waals surface area contributed by atoms with Gasteiger partial charge in [0, 0.05) is 38.8 Å². The molecule has 0 aliphatic carbocycles. The second-order valence-electron chi connectivity index (χ2n) is 7.50. The number of hydrogen-bond acceptors (Lipinski definition) is 5. The van der Waals surface area contributed by atoms with Crippen LogP contribution in [0.2, 0.25) is 5.02 Å². The molecule has 1 saturated heterocycles. The fraction of sp³-hybridized carbons (Fsp3) is 0.364. The van der Waals surface area contributed by atoms with Crippen LogP contribution in [-0.2, 0) is 16.0 Å². The summed E-state index contributed by atoms with van der Waals surface area (Å²) in [5.41, 5.74) is 1.42. The Morgan fingerprint density at radius 3 is 2.31 bits per heavy atom. The molecule has 0 atom stereocenters. The van der Waals surface area contributed by atoms with Gasteiger partial charge >= 0.3 is 5.97 Å². The van der Waals surface area contributed by atoms with Gasteiger partial charge in [-0.3, -0.25) is 14.4 Å². The summed E-state index contributed by atoms with van der Waals surface area (Å²) in [6.45, 7) is 4.13. The molecule has 0 spiro atoms. The van der Waals surface area contributed by atoms with Crippen molar-refractivity contribution in [2.24, 2.45) is 0 Å². The number of nitrogens with one attached hydrogen (secondary N) is 1. The third kappa shape index (κ3) is 4.67. The first-order chi connectivity index (χ1) is 15.1. The highest BCUT2D eigenvalue weighted by atomic mass is 35.5. The van der Waals surface area contributed by atoms with Crippen molar-refractivity contribution in [3.05, 3.63) is 57.1 Å². The van der Waals surface area contributed by atoms with Gasteiger partial charge in [-0.1, -0.05) is 11.6 Å². The van der Waals surface area contributed by atoms with E-state index >= 15 is 0 Å². The number of methoxy groups -OCH3 is 1. The zero-order valence-electron chi connectivity index (χ0n) is 18.0. The van der Waals surface area contributed by atoms with Crippen molar-refractivity contribution in [3.63, 3.8) is 0 Å². The SMILES string of the molecule is COC(=O)c1c(CC(=O)N2CCN(C(=O)c3ccc(F)cc3Cl)CC2)[nH]c(C(C)=O)c1C. The molecule has 1 aromatic heterocycles. The molecule has 1 aromatic carbocycles. The molecule has 10 heteroatoms. The summed E-state index contributed by atoms with van der Waals surface area (Å²) in [6, 6.07) is 3.60. The molecule has 0 saturated carbocycles. The lowest BCUT2D eigenvalue weighted by atomic mass is 10.1. The van der Waals surface area contributed by atoms with Crippen LogP contribution in [0.15, 0.2) is 18.2 Å². The fourth-order valence-electron chi connectivity index (χ4n) is 3.78. The first kappa shape index (κ1) is 23.5. The zero-order chi connectivity index (χ0) is 23.6. The van der Waals surface area contributed by atoms with Crippen molar-refractivity contribution in [1.29, 1.82) is 0 Å². The number of halogens is 2. The lowest BCUT2D eigenvalue weighted by Gasteiger charge is -2.35. The molecule has 0 radical (unpaired) electrons. The molecule has 1 aliphatic rings. The molecule has 32 heavy (non-hydrogen) atoms. The van der Waals surface area contributed by atoms with Gasteiger partial charge in [-0.05, 0) is 30.7 Å². The van der Waals surface area contributed by atoms with Crippen LogP contribution in [0.5, 0.6) is 0 Å². The molecule has 2 heterocycles. The minimum Gasteiger partial charge on any atom is -0.465 e. The second kappa shape index (κ2) is 9.52. The van der Waals surface area contributed by atoms with Gasteiger partial charge in [0.25, 0.3) is 5.91 Å². The molecular weight excluding hydrogens is 441 g/mol. The average Bonchev–Trinajstić information content (AvgIpc) is 3.08. The molecule has 1 N–H and O–H groups in total. The van der Waals surface area contributed by atoms with Gasteiger partial charge in [0.05, 0.1) is 35.4 Å². The zero-order valence-corrected chi connectivity index (χ0v) is 18.7. The largest absolute Gasteiger partial charge is 0.465 e. The van der Waals surface area contributed by atoms with E-state index in [-0.39, 0.29) is 72.0 Å². The number of carbonyl (C=O) groups excluding carboxylic acids is 4. The monoisotopic (exact) mass is 463 g/mol. The highest BCUT2D eigenvalue weighted by Gasteiger charge is 2.29. The molecule has 2 aromatic rings. The lowest BCUT2D eigenvalue weighted by molar-refractivity contribution is -0.132. The predicted octanol–water partition coefficient (Wildman–Crippen LogP) is 2.63. The number of rotatable bonds is 5. The third-order valence-electron chi connectivity index (χ3n) is 5.48. The fourth-order valence-corrected chi connectivity index (χ4v) is 4.02. The quantitative estimate of drug-likeness (QED) is 0.542. The van der Waals surface area contributed by atoms with Crippen LogP contribution in [0, 0.1) is 12.7 Å². The van der Waals surface area contributed by atoms with Crippen LogP contribution in [-0.4, -0.2) is 71.6 Å². The maximum atomic E-state index is 13.2. The van der Waals surface area contributed by atoms with Gasteiger partial charge in [-0.25, -0.2) is 9.18 Å². The molecule has 170 valence electrons. The minimum atomic E-state index is -0.624. The standard InChI is InChI=1S/C22H23ClFN3O5/c1-12-19(22(31)32-3)17(25-20(12)13(2)28)11-18(29)26-6-8-27(9-7-26)21(30)15-5-4-14(24)10-16(15)23/h4-5,10,25H,6-9,11H2,1-3H3. The van der Waals surface area contributed by atoms with Gasteiger partial charge in [0.2, 0.25) is 5.91 Å². The van der Waals surface area contributed by atoms with Crippen LogP contribution >= 0.6 is 11.6 Å². The van der Waals surface area contributed by atoms with Gasteiger partial charge in [-0.2, -0.15) is 0 Å². The summed E-state index contributed by atoms with van der Waals surface area (Å²) in [7, 11) is 1.23. The van der Waals surface area contributed by atoms with E-state index in [9.17, 15) is 23.6 Å². The maximum absolute atomic E-state index is 13.2. The van der Waals surface area contributed by atoms with E-state index in [0.717, 1.165) is 6.07 Å². The Hall–Kier alpha value is -3.20. The van der Waals surface area contributed by atoms with Crippen LogP contribution < -0.4 is 0 Å². The predicted molar refractivity (Wildman–Crippen MR) is 114 cm³/mol. The van der Waals surface area contributed by atoms with Crippen molar-refractivity contribution in [2.45, 2.75) is 20.3 Å².